The van der Waals surface area contributed by atoms with Crippen LogP contribution in [0.25, 0.3) is 0 Å². The molecule has 1 saturated heterocycles. The first kappa shape index (κ1) is 11.2. The average molecular weight is 268 g/mol. The number of allylic oxidation sites excluding steroid dienone is 5. The van der Waals surface area contributed by atoms with Crippen LogP contribution in [0.1, 0.15) is 20.8 Å². The summed E-state index contributed by atoms with van der Waals surface area (Å²) in [6, 6.07) is 0.622. The van der Waals surface area contributed by atoms with E-state index in [1.807, 2.05) is 0 Å². The molecule has 0 bridgehead atoms. The highest BCUT2D eigenvalue weighted by Gasteiger charge is 2.24. The van der Waals surface area contributed by atoms with Crippen LogP contribution in [0.4, 0.5) is 0 Å². The third-order valence-electron chi connectivity index (χ3n) is 3.20. The van der Waals surface area contributed by atoms with Gasteiger partial charge in [0.15, 0.2) is 0 Å². The van der Waals surface area contributed by atoms with Crippen LogP contribution in [-0.2, 0) is 0 Å². The Kier molecular flexibility index (Phi) is 3.17. The fraction of sp³-hybridized carbons (Fsp3) is 0.538. The van der Waals surface area contributed by atoms with Crippen LogP contribution in [0.15, 0.2) is 34.9 Å². The van der Waals surface area contributed by atoms with E-state index in [0.717, 1.165) is 6.54 Å². The zero-order valence-corrected chi connectivity index (χ0v) is 11.1. The van der Waals surface area contributed by atoms with Crippen molar-refractivity contribution >= 4 is 15.9 Å². The molecule has 0 aromatic carbocycles. The van der Waals surface area contributed by atoms with E-state index in [9.17, 15) is 0 Å². The molecule has 1 aliphatic heterocycles. The van der Waals surface area contributed by atoms with E-state index < -0.39 is 0 Å². The van der Waals surface area contributed by atoms with Crippen LogP contribution in [-0.4, -0.2) is 17.4 Å². The summed E-state index contributed by atoms with van der Waals surface area (Å²) in [7, 11) is 0. The Bertz CT molecular complexity index is 348. The Hall–Kier alpha value is -0.340. The zero-order chi connectivity index (χ0) is 11.0. The summed E-state index contributed by atoms with van der Waals surface area (Å²) in [6.07, 6.45) is 6.83. The fourth-order valence-electron chi connectivity index (χ4n) is 2.26. The number of rotatable bonds is 2. The highest BCUT2D eigenvalue weighted by molar-refractivity contribution is 9.09. The summed E-state index contributed by atoms with van der Waals surface area (Å²) in [4.78, 5) is 0.478. The van der Waals surface area contributed by atoms with Crippen molar-refractivity contribution in [1.29, 1.82) is 0 Å². The normalized spacial score (nSPS) is 36.0. The topological polar surface area (TPSA) is 21.9 Å². The van der Waals surface area contributed by atoms with Gasteiger partial charge in [0.25, 0.3) is 0 Å². The Labute approximate surface area is 100 Å². The lowest BCUT2D eigenvalue weighted by Gasteiger charge is -2.25. The second-order valence-electron chi connectivity index (χ2n) is 4.55. The summed E-state index contributed by atoms with van der Waals surface area (Å²) < 4.78 is 0. The quantitative estimate of drug-likeness (QED) is 0.603. The zero-order valence-electron chi connectivity index (χ0n) is 9.55. The molecule has 3 atom stereocenters. The summed E-state index contributed by atoms with van der Waals surface area (Å²) in [6.45, 7) is 7.87. The molecule has 0 aromatic heterocycles. The Balaban J connectivity index is 2.27. The van der Waals surface area contributed by atoms with Gasteiger partial charge < -0.3 is 5.32 Å². The predicted octanol–water partition coefficient (Wildman–Crippen LogP) is 3.19. The maximum atomic E-state index is 3.71. The van der Waals surface area contributed by atoms with Crippen molar-refractivity contribution in [3.8, 4) is 0 Å². The number of hydrogen-bond donors (Lipinski definition) is 1. The molecule has 1 heterocycles. The standard InChI is InChI=1S/C13H18BrN/c1-8-4-5-12(14)10(3)13(8)9(2)6-11-7-15-11/h4-6,10-12,15H,7H2,1-3H3/b9-6-. The first-order valence-corrected chi connectivity index (χ1v) is 6.46. The molecule has 0 saturated carbocycles. The highest BCUT2D eigenvalue weighted by atomic mass is 79.9. The third-order valence-corrected chi connectivity index (χ3v) is 4.30. The molecule has 2 aliphatic rings. The molecule has 0 radical (unpaired) electrons. The van der Waals surface area contributed by atoms with Gasteiger partial charge in [-0.3, -0.25) is 0 Å². The third kappa shape index (κ3) is 2.43. The Morgan fingerprint density at radius 2 is 2.27 bits per heavy atom. The molecule has 2 heteroatoms. The number of hydrogen-bond acceptors (Lipinski definition) is 1. The van der Waals surface area contributed by atoms with E-state index in [-0.39, 0.29) is 0 Å². The average Bonchev–Trinajstić information content (AvgIpc) is 2.96. The van der Waals surface area contributed by atoms with Crippen molar-refractivity contribution in [3.63, 3.8) is 0 Å². The molecule has 2 rings (SSSR count). The van der Waals surface area contributed by atoms with Crippen LogP contribution >= 0.6 is 15.9 Å². The van der Waals surface area contributed by atoms with E-state index in [1.165, 1.54) is 16.7 Å². The molecule has 1 nitrogen and oxygen atoms in total. The first-order chi connectivity index (χ1) is 7.09. The van der Waals surface area contributed by atoms with Crippen molar-refractivity contribution in [2.45, 2.75) is 31.6 Å². The van der Waals surface area contributed by atoms with E-state index in [0.29, 0.717) is 16.8 Å². The lowest BCUT2D eigenvalue weighted by atomic mass is 9.84. The lowest BCUT2D eigenvalue weighted by molar-refractivity contribution is 0.706. The van der Waals surface area contributed by atoms with Gasteiger partial charge in [0, 0.05) is 17.4 Å². The maximum absolute atomic E-state index is 3.71. The fourth-order valence-corrected chi connectivity index (χ4v) is 2.68. The van der Waals surface area contributed by atoms with Gasteiger partial charge in [-0.25, -0.2) is 0 Å². The summed E-state index contributed by atoms with van der Waals surface area (Å²) >= 11 is 3.71. The monoisotopic (exact) mass is 267 g/mol. The molecular formula is C13H18BrN. The number of nitrogens with one attached hydrogen (secondary N) is 1. The molecule has 0 aromatic rings. The predicted molar refractivity (Wildman–Crippen MR) is 69.3 cm³/mol. The minimum Gasteiger partial charge on any atom is -0.307 e. The van der Waals surface area contributed by atoms with Crippen LogP contribution in [0.5, 0.6) is 0 Å². The summed E-state index contributed by atoms with van der Waals surface area (Å²) in [5.74, 6) is 0.574. The van der Waals surface area contributed by atoms with Crippen LogP contribution in [0.2, 0.25) is 0 Å². The van der Waals surface area contributed by atoms with Gasteiger partial charge >= 0.3 is 0 Å². The first-order valence-electron chi connectivity index (χ1n) is 5.55. The molecule has 82 valence electrons. The lowest BCUT2D eigenvalue weighted by Crippen LogP contribution is -2.17. The van der Waals surface area contributed by atoms with E-state index >= 15 is 0 Å². The van der Waals surface area contributed by atoms with Crippen molar-refractivity contribution in [1.82, 2.24) is 5.32 Å². The summed E-state index contributed by atoms with van der Waals surface area (Å²) in [5, 5.41) is 3.32. The molecule has 0 spiro atoms. The molecule has 1 aliphatic carbocycles. The molecular weight excluding hydrogens is 250 g/mol. The second-order valence-corrected chi connectivity index (χ2v) is 5.61. The Morgan fingerprint density at radius 3 is 2.87 bits per heavy atom. The van der Waals surface area contributed by atoms with Gasteiger partial charge in [-0.2, -0.15) is 0 Å². The van der Waals surface area contributed by atoms with Crippen molar-refractivity contribution in [2.24, 2.45) is 5.92 Å². The van der Waals surface area contributed by atoms with Crippen LogP contribution in [0, 0.1) is 5.92 Å². The maximum Gasteiger partial charge on any atom is 0.0394 e. The second kappa shape index (κ2) is 4.26. The largest absolute Gasteiger partial charge is 0.307 e. The van der Waals surface area contributed by atoms with E-state index in [1.54, 1.807) is 0 Å². The smallest absolute Gasteiger partial charge is 0.0394 e. The molecule has 3 unspecified atom stereocenters. The molecule has 1 fully saturated rings. The van der Waals surface area contributed by atoms with Gasteiger partial charge in [-0.05, 0) is 36.5 Å². The van der Waals surface area contributed by atoms with Crippen molar-refractivity contribution in [2.75, 3.05) is 6.54 Å². The van der Waals surface area contributed by atoms with E-state index in [2.05, 4.69) is 60.2 Å². The van der Waals surface area contributed by atoms with Crippen molar-refractivity contribution < 1.29 is 0 Å². The van der Waals surface area contributed by atoms with Gasteiger partial charge in [-0.15, -0.1) is 0 Å². The molecule has 1 N–H and O–H groups in total. The molecule has 15 heavy (non-hydrogen) atoms. The number of halogens is 1. The minimum absolute atomic E-state index is 0.478. The van der Waals surface area contributed by atoms with Gasteiger partial charge in [0.1, 0.15) is 0 Å². The van der Waals surface area contributed by atoms with Crippen LogP contribution in [0.3, 0.4) is 0 Å². The van der Waals surface area contributed by atoms with Crippen LogP contribution < -0.4 is 5.32 Å². The highest BCUT2D eigenvalue weighted by Crippen LogP contribution is 2.34. The minimum atomic E-state index is 0.478. The Morgan fingerprint density at radius 1 is 1.60 bits per heavy atom. The number of alkyl halides is 1. The molecule has 0 amide bonds. The van der Waals surface area contributed by atoms with E-state index in [4.69, 9.17) is 0 Å². The SMILES string of the molecule is CC1=C(/C(C)=C\C2CN2)C(C)C(Br)C=C1. The van der Waals surface area contributed by atoms with Gasteiger partial charge in [0.2, 0.25) is 0 Å². The van der Waals surface area contributed by atoms with Gasteiger partial charge in [0.05, 0.1) is 0 Å². The van der Waals surface area contributed by atoms with Crippen molar-refractivity contribution in [3.05, 3.63) is 34.9 Å². The van der Waals surface area contributed by atoms with Gasteiger partial charge in [-0.1, -0.05) is 41.1 Å². The summed E-state index contributed by atoms with van der Waals surface area (Å²) in [5.41, 5.74) is 4.35.